The van der Waals surface area contributed by atoms with Crippen molar-refractivity contribution in [1.82, 2.24) is 9.97 Å². The summed E-state index contributed by atoms with van der Waals surface area (Å²) < 4.78 is 10.8. The molecule has 2 heterocycles. The van der Waals surface area contributed by atoms with Crippen LogP contribution in [0.3, 0.4) is 0 Å². The fourth-order valence-corrected chi connectivity index (χ4v) is 5.11. The highest BCUT2D eigenvalue weighted by atomic mass is 32.2. The number of ether oxygens (including phenoxy) is 2. The average molecular weight is 455 g/mol. The van der Waals surface area contributed by atoms with Gasteiger partial charge < -0.3 is 9.47 Å². The summed E-state index contributed by atoms with van der Waals surface area (Å²) in [6, 6.07) is 15.2. The first-order valence-electron chi connectivity index (χ1n) is 9.08. The molecule has 0 fully saturated rings. The number of thioether (sulfide) groups is 1. The number of benzene rings is 2. The van der Waals surface area contributed by atoms with E-state index in [-0.39, 0.29) is 12.6 Å². The molecule has 8 heteroatoms. The third-order valence-electron chi connectivity index (χ3n) is 4.19. The second-order valence-electron chi connectivity index (χ2n) is 6.22. The quantitative estimate of drug-likeness (QED) is 0.243. The molecule has 0 saturated heterocycles. The molecule has 4 rings (SSSR count). The molecule has 0 spiro atoms. The summed E-state index contributed by atoms with van der Waals surface area (Å²) in [4.78, 5) is 22.4. The maximum absolute atomic E-state index is 12.7. The van der Waals surface area contributed by atoms with Gasteiger partial charge in [0.2, 0.25) is 0 Å². The Labute approximate surface area is 186 Å². The molecule has 0 saturated carbocycles. The SMILES string of the molecule is COc1cccc(-c2nc(COC(=O)c3ccccc3SCc3cscn3)cs2)c1. The number of methoxy groups -OCH3 is 1. The average Bonchev–Trinajstić information content (AvgIpc) is 3.48. The van der Waals surface area contributed by atoms with Crippen LogP contribution in [0.1, 0.15) is 21.7 Å². The number of hydrogen-bond donors (Lipinski definition) is 0. The van der Waals surface area contributed by atoms with Gasteiger partial charge in [-0.1, -0.05) is 24.3 Å². The summed E-state index contributed by atoms with van der Waals surface area (Å²) in [5.74, 6) is 1.14. The Morgan fingerprint density at radius 3 is 2.83 bits per heavy atom. The fraction of sp³-hybridized carbons (Fsp3) is 0.136. The van der Waals surface area contributed by atoms with Crippen LogP contribution in [-0.4, -0.2) is 23.0 Å². The van der Waals surface area contributed by atoms with Crippen molar-refractivity contribution in [3.63, 3.8) is 0 Å². The molecule has 0 N–H and O–H groups in total. The Kier molecular flexibility index (Phi) is 6.78. The van der Waals surface area contributed by atoms with E-state index in [1.165, 1.54) is 11.3 Å². The van der Waals surface area contributed by atoms with Crippen molar-refractivity contribution in [2.24, 2.45) is 0 Å². The first-order valence-corrected chi connectivity index (χ1v) is 11.9. The van der Waals surface area contributed by atoms with Gasteiger partial charge in [0.25, 0.3) is 0 Å². The van der Waals surface area contributed by atoms with Crippen molar-refractivity contribution >= 4 is 40.4 Å². The predicted molar refractivity (Wildman–Crippen MR) is 121 cm³/mol. The zero-order chi connectivity index (χ0) is 20.8. The van der Waals surface area contributed by atoms with Crippen LogP contribution < -0.4 is 4.74 Å². The lowest BCUT2D eigenvalue weighted by Crippen LogP contribution is -2.07. The number of aromatic nitrogens is 2. The molecule has 0 amide bonds. The van der Waals surface area contributed by atoms with E-state index in [1.54, 1.807) is 36.3 Å². The highest BCUT2D eigenvalue weighted by Gasteiger charge is 2.15. The van der Waals surface area contributed by atoms with E-state index in [1.807, 2.05) is 58.7 Å². The van der Waals surface area contributed by atoms with Crippen LogP contribution in [0, 0.1) is 0 Å². The summed E-state index contributed by atoms with van der Waals surface area (Å²) >= 11 is 4.65. The predicted octanol–water partition coefficient (Wildman–Crippen LogP) is 5.92. The molecule has 5 nitrogen and oxygen atoms in total. The zero-order valence-electron chi connectivity index (χ0n) is 16.1. The Balaban J connectivity index is 1.40. The molecular weight excluding hydrogens is 436 g/mol. The van der Waals surface area contributed by atoms with Crippen LogP contribution in [0.25, 0.3) is 10.6 Å². The number of esters is 1. The van der Waals surface area contributed by atoms with Gasteiger partial charge in [-0.15, -0.1) is 34.4 Å². The van der Waals surface area contributed by atoms with E-state index in [0.717, 1.165) is 32.6 Å². The van der Waals surface area contributed by atoms with Crippen molar-refractivity contribution < 1.29 is 14.3 Å². The maximum atomic E-state index is 12.7. The topological polar surface area (TPSA) is 61.3 Å². The van der Waals surface area contributed by atoms with Gasteiger partial charge in [-0.3, -0.25) is 0 Å². The molecular formula is C22H18N2O3S3. The van der Waals surface area contributed by atoms with Crippen LogP contribution in [0.5, 0.6) is 5.75 Å². The molecule has 2 aromatic carbocycles. The van der Waals surface area contributed by atoms with Crippen molar-refractivity contribution in [2.75, 3.05) is 7.11 Å². The second kappa shape index (κ2) is 9.88. The molecule has 2 aromatic heterocycles. The van der Waals surface area contributed by atoms with Gasteiger partial charge in [0, 0.05) is 27.0 Å². The van der Waals surface area contributed by atoms with Gasteiger partial charge in [0.05, 0.1) is 29.6 Å². The molecule has 0 aliphatic heterocycles. The van der Waals surface area contributed by atoms with Gasteiger partial charge >= 0.3 is 5.97 Å². The first kappa shape index (κ1) is 20.6. The minimum atomic E-state index is -0.354. The summed E-state index contributed by atoms with van der Waals surface area (Å²) in [5, 5.41) is 4.78. The summed E-state index contributed by atoms with van der Waals surface area (Å²) in [6.07, 6.45) is 0. The van der Waals surface area contributed by atoms with Crippen LogP contribution in [0.4, 0.5) is 0 Å². The van der Waals surface area contributed by atoms with E-state index in [9.17, 15) is 4.79 Å². The zero-order valence-corrected chi connectivity index (χ0v) is 18.6. The van der Waals surface area contributed by atoms with Gasteiger partial charge in [-0.25, -0.2) is 14.8 Å². The third kappa shape index (κ3) is 5.08. The first-order chi connectivity index (χ1) is 14.7. The number of nitrogens with zero attached hydrogens (tertiary/aromatic N) is 2. The van der Waals surface area contributed by atoms with Crippen LogP contribution in [-0.2, 0) is 17.1 Å². The molecule has 0 unspecified atom stereocenters. The Morgan fingerprint density at radius 2 is 2.00 bits per heavy atom. The lowest BCUT2D eigenvalue weighted by molar-refractivity contribution is 0.0464. The van der Waals surface area contributed by atoms with Crippen molar-refractivity contribution in [3.8, 4) is 16.3 Å². The van der Waals surface area contributed by atoms with Crippen LogP contribution in [0.2, 0.25) is 0 Å². The number of thiazole rings is 2. The van der Waals surface area contributed by atoms with Crippen molar-refractivity contribution in [1.29, 1.82) is 0 Å². The lowest BCUT2D eigenvalue weighted by atomic mass is 10.2. The highest BCUT2D eigenvalue weighted by Crippen LogP contribution is 2.29. The Morgan fingerprint density at radius 1 is 1.10 bits per heavy atom. The largest absolute Gasteiger partial charge is 0.497 e. The Hall–Kier alpha value is -2.68. The number of hydrogen-bond acceptors (Lipinski definition) is 8. The monoisotopic (exact) mass is 454 g/mol. The molecule has 30 heavy (non-hydrogen) atoms. The van der Waals surface area contributed by atoms with Gasteiger partial charge in [-0.2, -0.15) is 0 Å². The minimum Gasteiger partial charge on any atom is -0.497 e. The molecule has 0 atom stereocenters. The fourth-order valence-electron chi connectivity index (χ4n) is 2.70. The number of rotatable bonds is 8. The van der Waals surface area contributed by atoms with Crippen molar-refractivity contribution in [2.45, 2.75) is 17.3 Å². The van der Waals surface area contributed by atoms with E-state index in [4.69, 9.17) is 9.47 Å². The number of carbonyl (C=O) groups excluding carboxylic acids is 1. The number of carbonyl (C=O) groups is 1. The molecule has 0 radical (unpaired) electrons. The van der Waals surface area contributed by atoms with Gasteiger partial charge in [0.1, 0.15) is 17.4 Å². The van der Waals surface area contributed by atoms with Crippen LogP contribution in [0.15, 0.2) is 69.7 Å². The third-order valence-corrected chi connectivity index (χ3v) is 6.87. The summed E-state index contributed by atoms with van der Waals surface area (Å²) in [7, 11) is 1.64. The molecule has 152 valence electrons. The van der Waals surface area contributed by atoms with E-state index in [2.05, 4.69) is 9.97 Å². The van der Waals surface area contributed by atoms with E-state index in [0.29, 0.717) is 11.3 Å². The maximum Gasteiger partial charge on any atom is 0.339 e. The lowest BCUT2D eigenvalue weighted by Gasteiger charge is -2.08. The normalized spacial score (nSPS) is 10.7. The Bertz CT molecular complexity index is 1130. The van der Waals surface area contributed by atoms with Gasteiger partial charge in [0.15, 0.2) is 0 Å². The van der Waals surface area contributed by atoms with E-state index < -0.39 is 0 Å². The molecule has 0 aliphatic carbocycles. The summed E-state index contributed by atoms with van der Waals surface area (Å²) in [5.41, 5.74) is 5.06. The van der Waals surface area contributed by atoms with Gasteiger partial charge in [-0.05, 0) is 24.3 Å². The van der Waals surface area contributed by atoms with E-state index >= 15 is 0 Å². The van der Waals surface area contributed by atoms with Crippen LogP contribution >= 0.6 is 34.4 Å². The van der Waals surface area contributed by atoms with Crippen molar-refractivity contribution in [3.05, 3.63) is 81.8 Å². The molecule has 0 aliphatic rings. The highest BCUT2D eigenvalue weighted by molar-refractivity contribution is 7.98. The second-order valence-corrected chi connectivity index (χ2v) is 8.81. The summed E-state index contributed by atoms with van der Waals surface area (Å²) in [6.45, 7) is 0.129. The smallest absolute Gasteiger partial charge is 0.339 e. The molecule has 4 aromatic rings. The molecule has 0 bridgehead atoms. The standard InChI is InChI=1S/C22H18N2O3S3/c1-26-18-6-4-5-15(9-18)21-24-16(12-30-21)10-27-22(25)19-7-2-3-8-20(19)29-13-17-11-28-14-23-17/h2-9,11-12,14H,10,13H2,1H3. The minimum absolute atomic E-state index is 0.129.